The van der Waals surface area contributed by atoms with Crippen molar-refractivity contribution in [2.75, 3.05) is 20.2 Å². The molecule has 2 N–H and O–H groups in total. The normalized spacial score (nSPS) is 34.5. The van der Waals surface area contributed by atoms with Crippen LogP contribution in [0.25, 0.3) is 0 Å². The van der Waals surface area contributed by atoms with Crippen molar-refractivity contribution in [1.29, 1.82) is 0 Å². The fourth-order valence-corrected chi connectivity index (χ4v) is 3.07. The zero-order valence-electron chi connectivity index (χ0n) is 11.6. The molecular weight excluding hydrogens is 271 g/mol. The maximum Gasteiger partial charge on any atom is 0.0652 e. The van der Waals surface area contributed by atoms with Crippen LogP contribution >= 0.6 is 24.8 Å². The summed E-state index contributed by atoms with van der Waals surface area (Å²) in [6.45, 7) is 4.65. The van der Waals surface area contributed by atoms with Gasteiger partial charge in [0.15, 0.2) is 0 Å². The fourth-order valence-electron chi connectivity index (χ4n) is 3.07. The third-order valence-corrected chi connectivity index (χ3v) is 4.60. The summed E-state index contributed by atoms with van der Waals surface area (Å²) in [6, 6.07) is 1.24. The van der Waals surface area contributed by atoms with E-state index in [1.54, 1.807) is 0 Å². The number of halogens is 2. The Bertz CT molecular complexity index is 225. The second kappa shape index (κ2) is 7.91. The van der Waals surface area contributed by atoms with Gasteiger partial charge in [0.1, 0.15) is 0 Å². The molecule has 0 aromatic carbocycles. The molecule has 0 radical (unpaired) electrons. The van der Waals surface area contributed by atoms with Gasteiger partial charge < -0.3 is 15.4 Å². The van der Waals surface area contributed by atoms with Crippen LogP contribution in [0.3, 0.4) is 0 Å². The highest BCUT2D eigenvalue weighted by molar-refractivity contribution is 5.85. The molecule has 0 aromatic heterocycles. The lowest BCUT2D eigenvalue weighted by molar-refractivity contribution is -0.0436. The molecule has 0 aromatic rings. The maximum atomic E-state index is 5.94. The molecule has 0 amide bonds. The number of piperidine rings is 1. The molecule has 2 rings (SSSR count). The molecule has 0 atom stereocenters. The summed E-state index contributed by atoms with van der Waals surface area (Å²) in [7, 11) is 1.85. The molecule has 1 heterocycles. The molecule has 1 aliphatic carbocycles. The zero-order valence-corrected chi connectivity index (χ0v) is 13.2. The first-order valence-electron chi connectivity index (χ1n) is 6.68. The van der Waals surface area contributed by atoms with E-state index in [4.69, 9.17) is 10.5 Å². The highest BCUT2D eigenvalue weighted by Crippen LogP contribution is 2.33. The van der Waals surface area contributed by atoms with Crippen molar-refractivity contribution in [3.63, 3.8) is 0 Å². The van der Waals surface area contributed by atoms with Gasteiger partial charge in [0.2, 0.25) is 0 Å². The quantitative estimate of drug-likeness (QED) is 0.852. The lowest BCUT2D eigenvalue weighted by Gasteiger charge is -2.43. The number of nitrogens with two attached hydrogens (primary N) is 1. The Hall–Kier alpha value is 0.460. The van der Waals surface area contributed by atoms with E-state index in [2.05, 4.69) is 11.8 Å². The Morgan fingerprint density at radius 2 is 1.56 bits per heavy atom. The van der Waals surface area contributed by atoms with Crippen LogP contribution in [0.15, 0.2) is 0 Å². The number of rotatable bonds is 2. The summed E-state index contributed by atoms with van der Waals surface area (Å²) in [5.74, 6) is 0. The van der Waals surface area contributed by atoms with Crippen molar-refractivity contribution < 1.29 is 4.74 Å². The lowest BCUT2D eigenvalue weighted by Crippen LogP contribution is -2.48. The van der Waals surface area contributed by atoms with E-state index in [1.807, 2.05) is 7.11 Å². The standard InChI is InChI=1S/C13H26N2O.2ClH/c1-13(16-2)7-3-12(4-8-13)15-9-5-11(14)6-10-15;;/h11-12H,3-10,14H2,1-2H3;2*1H. The van der Waals surface area contributed by atoms with Gasteiger partial charge in [-0.15, -0.1) is 24.8 Å². The average molecular weight is 299 g/mol. The largest absolute Gasteiger partial charge is 0.379 e. The van der Waals surface area contributed by atoms with Gasteiger partial charge in [-0.1, -0.05) is 0 Å². The summed E-state index contributed by atoms with van der Waals surface area (Å²) in [4.78, 5) is 2.65. The SMILES string of the molecule is COC1(C)CCC(N2CCC(N)CC2)CC1.Cl.Cl. The summed E-state index contributed by atoms with van der Waals surface area (Å²) in [5, 5.41) is 0. The van der Waals surface area contributed by atoms with Crippen LogP contribution in [0.4, 0.5) is 0 Å². The molecule has 110 valence electrons. The number of hydrogen-bond acceptors (Lipinski definition) is 3. The molecule has 5 heteroatoms. The first-order chi connectivity index (χ1) is 7.63. The minimum atomic E-state index is 0. The Kier molecular flexibility index (Phi) is 8.11. The van der Waals surface area contributed by atoms with Crippen molar-refractivity contribution in [2.45, 2.75) is 63.1 Å². The number of methoxy groups -OCH3 is 1. The van der Waals surface area contributed by atoms with Gasteiger partial charge >= 0.3 is 0 Å². The van der Waals surface area contributed by atoms with Crippen LogP contribution < -0.4 is 5.73 Å². The monoisotopic (exact) mass is 298 g/mol. The number of hydrogen-bond donors (Lipinski definition) is 1. The van der Waals surface area contributed by atoms with Crippen molar-refractivity contribution in [2.24, 2.45) is 5.73 Å². The van der Waals surface area contributed by atoms with Crippen molar-refractivity contribution >= 4 is 24.8 Å². The summed E-state index contributed by atoms with van der Waals surface area (Å²) in [6.07, 6.45) is 7.35. The minimum absolute atomic E-state index is 0. The number of ether oxygens (including phenoxy) is 1. The van der Waals surface area contributed by atoms with Gasteiger partial charge in [0.25, 0.3) is 0 Å². The van der Waals surface area contributed by atoms with Crippen LogP contribution in [0.1, 0.15) is 45.4 Å². The van der Waals surface area contributed by atoms with E-state index in [0.29, 0.717) is 6.04 Å². The molecule has 0 unspecified atom stereocenters. The molecule has 1 aliphatic heterocycles. The molecule has 3 nitrogen and oxygen atoms in total. The number of likely N-dealkylation sites (tertiary alicyclic amines) is 1. The molecule has 1 saturated heterocycles. The molecule has 2 fully saturated rings. The van der Waals surface area contributed by atoms with Crippen molar-refractivity contribution in [3.05, 3.63) is 0 Å². The fraction of sp³-hybridized carbons (Fsp3) is 1.00. The van der Waals surface area contributed by atoms with Gasteiger partial charge in [-0.25, -0.2) is 0 Å². The van der Waals surface area contributed by atoms with Gasteiger partial charge in [0.05, 0.1) is 5.60 Å². The van der Waals surface area contributed by atoms with Crippen molar-refractivity contribution in [3.8, 4) is 0 Å². The summed E-state index contributed by atoms with van der Waals surface area (Å²) in [5.41, 5.74) is 6.09. The van der Waals surface area contributed by atoms with E-state index in [9.17, 15) is 0 Å². The van der Waals surface area contributed by atoms with Crippen LogP contribution in [0.2, 0.25) is 0 Å². The Balaban J connectivity index is 0.00000144. The predicted molar refractivity (Wildman–Crippen MR) is 80.9 cm³/mol. The van der Waals surface area contributed by atoms with Gasteiger partial charge in [-0.05, 0) is 58.5 Å². The zero-order chi connectivity index (χ0) is 11.6. The highest BCUT2D eigenvalue weighted by Gasteiger charge is 2.34. The Labute approximate surface area is 124 Å². The Morgan fingerprint density at radius 1 is 1.06 bits per heavy atom. The molecule has 1 saturated carbocycles. The maximum absolute atomic E-state index is 5.94. The van der Waals surface area contributed by atoms with Crippen LogP contribution in [-0.2, 0) is 4.74 Å². The third kappa shape index (κ3) is 4.53. The van der Waals surface area contributed by atoms with Crippen LogP contribution in [0, 0.1) is 0 Å². The van der Waals surface area contributed by atoms with E-state index < -0.39 is 0 Å². The summed E-state index contributed by atoms with van der Waals surface area (Å²) >= 11 is 0. The lowest BCUT2D eigenvalue weighted by atomic mass is 9.82. The van der Waals surface area contributed by atoms with Gasteiger partial charge in [-0.3, -0.25) is 0 Å². The second-order valence-corrected chi connectivity index (χ2v) is 5.76. The molecule has 0 spiro atoms. The average Bonchev–Trinajstić information content (AvgIpc) is 2.32. The third-order valence-electron chi connectivity index (χ3n) is 4.60. The van der Waals surface area contributed by atoms with E-state index in [0.717, 1.165) is 6.04 Å². The molecule has 18 heavy (non-hydrogen) atoms. The molecular formula is C13H28Cl2N2O. The van der Waals surface area contributed by atoms with E-state index in [1.165, 1.54) is 51.6 Å². The molecule has 0 bridgehead atoms. The second-order valence-electron chi connectivity index (χ2n) is 5.76. The summed E-state index contributed by atoms with van der Waals surface area (Å²) < 4.78 is 5.59. The first kappa shape index (κ1) is 18.5. The van der Waals surface area contributed by atoms with E-state index >= 15 is 0 Å². The van der Waals surface area contributed by atoms with E-state index in [-0.39, 0.29) is 30.4 Å². The minimum Gasteiger partial charge on any atom is -0.379 e. The Morgan fingerprint density at radius 3 is 2.00 bits per heavy atom. The highest BCUT2D eigenvalue weighted by atomic mass is 35.5. The van der Waals surface area contributed by atoms with Crippen molar-refractivity contribution in [1.82, 2.24) is 4.90 Å². The molecule has 2 aliphatic rings. The number of nitrogens with zero attached hydrogens (tertiary/aromatic N) is 1. The van der Waals surface area contributed by atoms with Gasteiger partial charge in [0, 0.05) is 19.2 Å². The smallest absolute Gasteiger partial charge is 0.0652 e. The van der Waals surface area contributed by atoms with Crippen LogP contribution in [-0.4, -0.2) is 42.8 Å². The first-order valence-corrected chi connectivity index (χ1v) is 6.68. The van der Waals surface area contributed by atoms with Crippen LogP contribution in [0.5, 0.6) is 0 Å². The topological polar surface area (TPSA) is 38.5 Å². The van der Waals surface area contributed by atoms with Gasteiger partial charge in [-0.2, -0.15) is 0 Å². The predicted octanol–water partition coefficient (Wildman–Crippen LogP) is 2.60.